The van der Waals surface area contributed by atoms with Crippen LogP contribution in [0.15, 0.2) is 59.1 Å². The van der Waals surface area contributed by atoms with Crippen molar-refractivity contribution in [3.63, 3.8) is 0 Å². The van der Waals surface area contributed by atoms with Gasteiger partial charge in [0.05, 0.1) is 5.52 Å². The van der Waals surface area contributed by atoms with Gasteiger partial charge in [0.1, 0.15) is 0 Å². The van der Waals surface area contributed by atoms with Crippen molar-refractivity contribution in [3.05, 3.63) is 59.1 Å². The molecule has 0 fully saturated rings. The number of hydrogen-bond donors (Lipinski definition) is 2. The second kappa shape index (κ2) is 5.02. The van der Waals surface area contributed by atoms with Crippen molar-refractivity contribution >= 4 is 38.6 Å². The molecule has 0 aliphatic carbocycles. The molecule has 20 heavy (non-hydrogen) atoms. The van der Waals surface area contributed by atoms with E-state index in [1.165, 1.54) is 4.57 Å². The van der Waals surface area contributed by atoms with Gasteiger partial charge in [0.15, 0.2) is 5.88 Å². The summed E-state index contributed by atoms with van der Waals surface area (Å²) in [5.74, 6) is -0.0826. The molecular formula is C15H11BrN2O2. The van der Waals surface area contributed by atoms with Crippen molar-refractivity contribution < 1.29 is 9.90 Å². The lowest BCUT2D eigenvalue weighted by Crippen LogP contribution is -2.18. The van der Waals surface area contributed by atoms with Crippen molar-refractivity contribution in [1.82, 2.24) is 4.57 Å². The number of carbonyl (C=O) groups excluding carboxylic acids is 1. The Bertz CT molecular complexity index is 778. The number of aromatic nitrogens is 1. The van der Waals surface area contributed by atoms with E-state index in [0.717, 1.165) is 9.86 Å². The summed E-state index contributed by atoms with van der Waals surface area (Å²) in [7, 11) is 0. The average Bonchev–Trinajstić information content (AvgIpc) is 2.77. The monoisotopic (exact) mass is 330 g/mol. The summed E-state index contributed by atoms with van der Waals surface area (Å²) < 4.78 is 2.18. The minimum absolute atomic E-state index is 0.0826. The molecule has 5 heteroatoms. The summed E-state index contributed by atoms with van der Waals surface area (Å²) >= 11 is 3.34. The molecule has 3 rings (SSSR count). The van der Waals surface area contributed by atoms with E-state index in [2.05, 4.69) is 21.2 Å². The Morgan fingerprint density at radius 3 is 2.55 bits per heavy atom. The second-order valence-corrected chi connectivity index (χ2v) is 5.25. The Morgan fingerprint density at radius 2 is 1.80 bits per heavy atom. The van der Waals surface area contributed by atoms with Crippen LogP contribution in [0.1, 0.15) is 0 Å². The second-order valence-electron chi connectivity index (χ2n) is 4.33. The molecule has 1 amide bonds. The topological polar surface area (TPSA) is 54.3 Å². The number of nitrogens with zero attached hydrogens (tertiary/aromatic N) is 1. The first-order valence-electron chi connectivity index (χ1n) is 6.01. The average molecular weight is 331 g/mol. The molecule has 2 N–H and O–H groups in total. The number of aromatic hydroxyl groups is 1. The minimum Gasteiger partial charge on any atom is -0.494 e. The van der Waals surface area contributed by atoms with E-state index in [1.807, 2.05) is 30.3 Å². The number of amides is 1. The first-order valence-corrected chi connectivity index (χ1v) is 6.81. The van der Waals surface area contributed by atoms with Gasteiger partial charge < -0.3 is 10.4 Å². The van der Waals surface area contributed by atoms with Gasteiger partial charge in [0.2, 0.25) is 0 Å². The van der Waals surface area contributed by atoms with E-state index in [1.54, 1.807) is 24.3 Å². The molecule has 0 spiro atoms. The summed E-state index contributed by atoms with van der Waals surface area (Å²) in [5, 5.41) is 13.5. The van der Waals surface area contributed by atoms with E-state index < -0.39 is 6.03 Å². The standard InChI is InChI=1S/C15H11BrN2O2/c16-11-5-7-12(8-6-11)17-15(20)18-13-4-2-1-3-10(13)9-14(18)19/h1-9,19H,(H,17,20). The zero-order valence-corrected chi connectivity index (χ0v) is 12.0. The molecule has 0 radical (unpaired) electrons. The lowest BCUT2D eigenvalue weighted by molar-refractivity contribution is 0.251. The highest BCUT2D eigenvalue weighted by atomic mass is 79.9. The molecule has 0 saturated carbocycles. The molecule has 0 unspecified atom stereocenters. The van der Waals surface area contributed by atoms with E-state index >= 15 is 0 Å². The van der Waals surface area contributed by atoms with Crippen LogP contribution in [0.5, 0.6) is 5.88 Å². The molecule has 2 aromatic carbocycles. The summed E-state index contributed by atoms with van der Waals surface area (Å²) in [5.41, 5.74) is 1.33. The van der Waals surface area contributed by atoms with Crippen LogP contribution in [0, 0.1) is 0 Å². The maximum absolute atomic E-state index is 12.3. The summed E-state index contributed by atoms with van der Waals surface area (Å²) in [6.45, 7) is 0. The maximum Gasteiger partial charge on any atom is 0.333 e. The normalized spacial score (nSPS) is 10.7. The van der Waals surface area contributed by atoms with Crippen molar-refractivity contribution in [2.24, 2.45) is 0 Å². The molecule has 0 aliphatic rings. The number of hydrogen-bond acceptors (Lipinski definition) is 2. The predicted molar refractivity (Wildman–Crippen MR) is 82.2 cm³/mol. The number of fused-ring (bicyclic) bond motifs is 1. The van der Waals surface area contributed by atoms with Gasteiger partial charge in [-0.25, -0.2) is 9.36 Å². The third-order valence-electron chi connectivity index (χ3n) is 2.99. The van der Waals surface area contributed by atoms with E-state index in [9.17, 15) is 9.90 Å². The highest BCUT2D eigenvalue weighted by Gasteiger charge is 2.14. The van der Waals surface area contributed by atoms with Crippen LogP contribution in [0.25, 0.3) is 10.9 Å². The van der Waals surface area contributed by atoms with Crippen LogP contribution in [-0.2, 0) is 0 Å². The summed E-state index contributed by atoms with van der Waals surface area (Å²) in [4.78, 5) is 12.3. The lowest BCUT2D eigenvalue weighted by atomic mass is 10.2. The van der Waals surface area contributed by atoms with Crippen LogP contribution < -0.4 is 5.32 Å². The SMILES string of the molecule is O=C(Nc1ccc(Br)cc1)n1c(O)cc2ccccc21. The Morgan fingerprint density at radius 1 is 1.10 bits per heavy atom. The Hall–Kier alpha value is -2.27. The first kappa shape index (κ1) is 12.7. The van der Waals surface area contributed by atoms with Crippen LogP contribution >= 0.6 is 15.9 Å². The maximum atomic E-state index is 12.3. The Kier molecular flexibility index (Phi) is 3.20. The molecule has 0 bridgehead atoms. The number of rotatable bonds is 1. The number of carbonyl (C=O) groups is 1. The zero-order chi connectivity index (χ0) is 14.1. The molecule has 0 saturated heterocycles. The molecule has 1 aromatic heterocycles. The number of anilines is 1. The molecule has 4 nitrogen and oxygen atoms in total. The van der Waals surface area contributed by atoms with Gasteiger partial charge in [-0.05, 0) is 30.3 Å². The number of para-hydroxylation sites is 1. The van der Waals surface area contributed by atoms with Gasteiger partial charge in [-0.1, -0.05) is 34.1 Å². The minimum atomic E-state index is -0.397. The van der Waals surface area contributed by atoms with E-state index in [4.69, 9.17) is 0 Å². The van der Waals surface area contributed by atoms with Crippen LogP contribution in [0.4, 0.5) is 10.5 Å². The highest BCUT2D eigenvalue weighted by molar-refractivity contribution is 9.10. The van der Waals surface area contributed by atoms with Gasteiger partial charge in [0, 0.05) is 21.6 Å². The molecule has 100 valence electrons. The lowest BCUT2D eigenvalue weighted by Gasteiger charge is -2.08. The van der Waals surface area contributed by atoms with Gasteiger partial charge in [0.25, 0.3) is 0 Å². The quantitative estimate of drug-likeness (QED) is 0.702. The number of benzene rings is 2. The summed E-state index contributed by atoms with van der Waals surface area (Å²) in [6.07, 6.45) is 0. The smallest absolute Gasteiger partial charge is 0.333 e. The third kappa shape index (κ3) is 2.28. The molecule has 3 aromatic rings. The van der Waals surface area contributed by atoms with Crippen LogP contribution in [-0.4, -0.2) is 15.7 Å². The fourth-order valence-corrected chi connectivity index (χ4v) is 2.33. The molecular weight excluding hydrogens is 320 g/mol. The van der Waals surface area contributed by atoms with Crippen molar-refractivity contribution in [3.8, 4) is 5.88 Å². The van der Waals surface area contributed by atoms with E-state index in [-0.39, 0.29) is 5.88 Å². The van der Waals surface area contributed by atoms with Crippen molar-refractivity contribution in [1.29, 1.82) is 0 Å². The fourth-order valence-electron chi connectivity index (χ4n) is 2.07. The van der Waals surface area contributed by atoms with Gasteiger partial charge in [-0.3, -0.25) is 0 Å². The van der Waals surface area contributed by atoms with Gasteiger partial charge in [-0.15, -0.1) is 0 Å². The number of halogens is 1. The van der Waals surface area contributed by atoms with Crippen LogP contribution in [0.2, 0.25) is 0 Å². The highest BCUT2D eigenvalue weighted by Crippen LogP contribution is 2.24. The number of nitrogens with one attached hydrogen (secondary N) is 1. The molecule has 1 heterocycles. The zero-order valence-electron chi connectivity index (χ0n) is 10.4. The fraction of sp³-hybridized carbons (Fsp3) is 0. The van der Waals surface area contributed by atoms with Gasteiger partial charge in [-0.2, -0.15) is 0 Å². The Labute approximate surface area is 123 Å². The predicted octanol–water partition coefficient (Wildman–Crippen LogP) is 4.19. The largest absolute Gasteiger partial charge is 0.494 e. The van der Waals surface area contributed by atoms with Gasteiger partial charge >= 0.3 is 6.03 Å². The van der Waals surface area contributed by atoms with Crippen molar-refractivity contribution in [2.45, 2.75) is 0 Å². The van der Waals surface area contributed by atoms with E-state index in [0.29, 0.717) is 11.2 Å². The summed E-state index contributed by atoms with van der Waals surface area (Å²) in [6, 6.07) is 15.7. The molecule has 0 atom stereocenters. The molecule has 0 aliphatic heterocycles. The Balaban J connectivity index is 1.96. The van der Waals surface area contributed by atoms with Crippen molar-refractivity contribution in [2.75, 3.05) is 5.32 Å². The van der Waals surface area contributed by atoms with Crippen LogP contribution in [0.3, 0.4) is 0 Å². The third-order valence-corrected chi connectivity index (χ3v) is 3.52. The first-order chi connectivity index (χ1) is 9.65.